The van der Waals surface area contributed by atoms with Crippen molar-refractivity contribution in [3.63, 3.8) is 0 Å². The Bertz CT molecular complexity index is 1020. The van der Waals surface area contributed by atoms with Gasteiger partial charge in [-0.2, -0.15) is 5.10 Å². The van der Waals surface area contributed by atoms with Crippen LogP contribution in [0.1, 0.15) is 16.1 Å². The maximum atomic E-state index is 12.3. The van der Waals surface area contributed by atoms with Crippen molar-refractivity contribution in [2.45, 2.75) is 0 Å². The van der Waals surface area contributed by atoms with Gasteiger partial charge >= 0.3 is 0 Å². The van der Waals surface area contributed by atoms with Gasteiger partial charge in [0, 0.05) is 10.0 Å². The van der Waals surface area contributed by atoms with E-state index < -0.39 is 5.91 Å². The minimum Gasteiger partial charge on any atom is -0.496 e. The van der Waals surface area contributed by atoms with Gasteiger partial charge < -0.3 is 9.15 Å². The van der Waals surface area contributed by atoms with Crippen LogP contribution in [0.5, 0.6) is 5.75 Å². The predicted octanol–water partition coefficient (Wildman–Crippen LogP) is 5.79. The lowest BCUT2D eigenvalue weighted by molar-refractivity contribution is 0.0952. The highest BCUT2D eigenvalue weighted by molar-refractivity contribution is 9.10. The van der Waals surface area contributed by atoms with Crippen LogP contribution in [0, 0.1) is 0 Å². The SMILES string of the molecule is COc1ccc(Br)cc1C(=O)N/N=C\c1ccc(-c2ccc(Cl)c(Cl)c2)o1. The van der Waals surface area contributed by atoms with Crippen LogP contribution >= 0.6 is 39.1 Å². The van der Waals surface area contributed by atoms with E-state index in [4.69, 9.17) is 32.4 Å². The van der Waals surface area contributed by atoms with E-state index >= 15 is 0 Å². The van der Waals surface area contributed by atoms with Crippen molar-refractivity contribution in [2.75, 3.05) is 7.11 Å². The quantitative estimate of drug-likeness (QED) is 0.381. The number of hydrogen-bond acceptors (Lipinski definition) is 4. The highest BCUT2D eigenvalue weighted by Crippen LogP contribution is 2.29. The number of nitrogens with one attached hydrogen (secondary N) is 1. The van der Waals surface area contributed by atoms with Gasteiger partial charge in [0.2, 0.25) is 0 Å². The van der Waals surface area contributed by atoms with Gasteiger partial charge in [-0.05, 0) is 48.5 Å². The Hall–Kier alpha value is -2.28. The van der Waals surface area contributed by atoms with E-state index in [1.165, 1.54) is 13.3 Å². The zero-order valence-electron chi connectivity index (χ0n) is 14.0. The molecule has 0 radical (unpaired) electrons. The maximum Gasteiger partial charge on any atom is 0.275 e. The lowest BCUT2D eigenvalue weighted by Gasteiger charge is -2.07. The molecule has 0 aliphatic rings. The number of ether oxygens (including phenoxy) is 1. The van der Waals surface area contributed by atoms with Crippen LogP contribution in [-0.2, 0) is 0 Å². The lowest BCUT2D eigenvalue weighted by atomic mass is 10.2. The Morgan fingerprint density at radius 1 is 1.15 bits per heavy atom. The second-order valence-electron chi connectivity index (χ2n) is 5.37. The van der Waals surface area contributed by atoms with Gasteiger partial charge in [0.1, 0.15) is 17.3 Å². The summed E-state index contributed by atoms with van der Waals surface area (Å²) in [5.41, 5.74) is 3.59. The van der Waals surface area contributed by atoms with Gasteiger partial charge in [-0.1, -0.05) is 39.1 Å². The molecule has 0 aliphatic carbocycles. The molecular formula is C19H13BrCl2N2O3. The van der Waals surface area contributed by atoms with Crippen molar-refractivity contribution in [1.29, 1.82) is 0 Å². The Labute approximate surface area is 174 Å². The molecule has 0 saturated carbocycles. The number of hydrogen-bond donors (Lipinski definition) is 1. The molecule has 1 N–H and O–H groups in total. The first-order valence-electron chi connectivity index (χ1n) is 7.70. The fourth-order valence-corrected chi connectivity index (χ4v) is 2.96. The fourth-order valence-electron chi connectivity index (χ4n) is 2.30. The van der Waals surface area contributed by atoms with Gasteiger partial charge in [-0.3, -0.25) is 4.79 Å². The van der Waals surface area contributed by atoms with Crippen molar-refractivity contribution in [1.82, 2.24) is 5.43 Å². The molecule has 0 saturated heterocycles. The average Bonchev–Trinajstić information content (AvgIpc) is 3.12. The summed E-state index contributed by atoms with van der Waals surface area (Å²) in [5, 5.41) is 4.84. The van der Waals surface area contributed by atoms with Crippen molar-refractivity contribution < 1.29 is 13.9 Å². The summed E-state index contributed by atoms with van der Waals surface area (Å²) in [7, 11) is 1.50. The molecule has 1 heterocycles. The number of hydrazone groups is 1. The fraction of sp³-hybridized carbons (Fsp3) is 0.0526. The number of rotatable bonds is 5. The van der Waals surface area contributed by atoms with E-state index in [2.05, 4.69) is 26.5 Å². The summed E-state index contributed by atoms with van der Waals surface area (Å²) in [4.78, 5) is 12.3. The molecule has 27 heavy (non-hydrogen) atoms. The Kier molecular flexibility index (Phi) is 6.21. The Balaban J connectivity index is 1.70. The van der Waals surface area contributed by atoms with Crippen molar-refractivity contribution >= 4 is 51.3 Å². The molecule has 3 aromatic rings. The molecule has 0 unspecified atom stereocenters. The van der Waals surface area contributed by atoms with Crippen molar-refractivity contribution in [3.8, 4) is 17.1 Å². The first-order valence-corrected chi connectivity index (χ1v) is 9.25. The highest BCUT2D eigenvalue weighted by Gasteiger charge is 2.12. The number of nitrogens with zero attached hydrogens (tertiary/aromatic N) is 1. The van der Waals surface area contributed by atoms with Gasteiger partial charge in [-0.25, -0.2) is 5.43 Å². The first-order chi connectivity index (χ1) is 13.0. The Morgan fingerprint density at radius 2 is 1.96 bits per heavy atom. The molecule has 1 aromatic heterocycles. The van der Waals surface area contributed by atoms with E-state index in [0.717, 1.165) is 10.0 Å². The third-order valence-electron chi connectivity index (χ3n) is 3.59. The molecule has 1 amide bonds. The van der Waals surface area contributed by atoms with E-state index in [1.807, 2.05) is 0 Å². The number of carbonyl (C=O) groups is 1. The highest BCUT2D eigenvalue weighted by atomic mass is 79.9. The molecule has 3 rings (SSSR count). The topological polar surface area (TPSA) is 63.8 Å². The van der Waals surface area contributed by atoms with E-state index in [-0.39, 0.29) is 0 Å². The first kappa shape index (κ1) is 19.5. The summed E-state index contributed by atoms with van der Waals surface area (Å²) >= 11 is 15.3. The second-order valence-corrected chi connectivity index (χ2v) is 7.10. The summed E-state index contributed by atoms with van der Waals surface area (Å²) < 4.78 is 11.6. The molecular weight excluding hydrogens is 455 g/mol. The summed E-state index contributed by atoms with van der Waals surface area (Å²) in [6.45, 7) is 0. The van der Waals surface area contributed by atoms with Crippen LogP contribution in [0.4, 0.5) is 0 Å². The molecule has 138 valence electrons. The van der Waals surface area contributed by atoms with Crippen LogP contribution in [0.25, 0.3) is 11.3 Å². The molecule has 5 nitrogen and oxygen atoms in total. The second kappa shape index (κ2) is 8.61. The van der Waals surface area contributed by atoms with E-state index in [9.17, 15) is 4.79 Å². The van der Waals surface area contributed by atoms with Gasteiger partial charge in [-0.15, -0.1) is 0 Å². The molecule has 0 fully saturated rings. The predicted molar refractivity (Wildman–Crippen MR) is 110 cm³/mol. The largest absolute Gasteiger partial charge is 0.496 e. The standard InChI is InChI=1S/C19H13BrCl2N2O3/c1-26-18-6-3-12(20)9-14(18)19(25)24-23-10-13-4-7-17(27-13)11-2-5-15(21)16(22)8-11/h2-10H,1H3,(H,24,25)/b23-10-. The number of carbonyl (C=O) groups excluding carboxylic acids is 1. The number of furan rings is 1. The number of halogens is 3. The number of benzene rings is 2. The molecule has 0 spiro atoms. The van der Waals surface area contributed by atoms with Gasteiger partial charge in [0.15, 0.2) is 0 Å². The molecule has 8 heteroatoms. The average molecular weight is 468 g/mol. The van der Waals surface area contributed by atoms with Crippen molar-refractivity contribution in [3.05, 3.63) is 74.4 Å². The van der Waals surface area contributed by atoms with E-state index in [0.29, 0.717) is 32.9 Å². The van der Waals surface area contributed by atoms with Gasteiger partial charge in [0.25, 0.3) is 5.91 Å². The van der Waals surface area contributed by atoms with Crippen LogP contribution in [0.2, 0.25) is 10.0 Å². The minimum atomic E-state index is -0.402. The molecule has 0 atom stereocenters. The van der Waals surface area contributed by atoms with Crippen LogP contribution < -0.4 is 10.2 Å². The number of methoxy groups -OCH3 is 1. The maximum absolute atomic E-state index is 12.3. The van der Waals surface area contributed by atoms with Crippen LogP contribution in [-0.4, -0.2) is 19.2 Å². The van der Waals surface area contributed by atoms with Crippen molar-refractivity contribution in [2.24, 2.45) is 5.10 Å². The van der Waals surface area contributed by atoms with Crippen LogP contribution in [0.15, 0.2) is 62.5 Å². The number of amides is 1. The molecule has 0 aliphatic heterocycles. The smallest absolute Gasteiger partial charge is 0.275 e. The Morgan fingerprint density at radius 3 is 2.70 bits per heavy atom. The van der Waals surface area contributed by atoms with Crippen LogP contribution in [0.3, 0.4) is 0 Å². The summed E-state index contributed by atoms with van der Waals surface area (Å²) in [6, 6.07) is 13.8. The monoisotopic (exact) mass is 466 g/mol. The molecule has 0 bridgehead atoms. The molecule has 2 aromatic carbocycles. The third kappa shape index (κ3) is 4.71. The minimum absolute atomic E-state index is 0.361. The van der Waals surface area contributed by atoms with Gasteiger partial charge in [0.05, 0.1) is 28.9 Å². The summed E-state index contributed by atoms with van der Waals surface area (Å²) in [6.07, 6.45) is 1.41. The third-order valence-corrected chi connectivity index (χ3v) is 4.83. The lowest BCUT2D eigenvalue weighted by Crippen LogP contribution is -2.18. The van der Waals surface area contributed by atoms with E-state index in [1.54, 1.807) is 48.5 Å². The normalized spacial score (nSPS) is 11.0. The zero-order chi connectivity index (χ0) is 19.4. The summed E-state index contributed by atoms with van der Waals surface area (Å²) in [5.74, 6) is 1.12. The zero-order valence-corrected chi connectivity index (χ0v) is 17.1.